The summed E-state index contributed by atoms with van der Waals surface area (Å²) in [5.74, 6) is 0. The summed E-state index contributed by atoms with van der Waals surface area (Å²) >= 11 is 0. The maximum absolute atomic E-state index is 10.2. The van der Waals surface area contributed by atoms with Crippen LogP contribution in [0.1, 0.15) is 11.1 Å². The average molecular weight is 317 g/mol. The molecule has 0 aromatic heterocycles. The Hall–Kier alpha value is -2.41. The average Bonchev–Trinajstić information content (AvgIpc) is 2.65. The van der Waals surface area contributed by atoms with Gasteiger partial charge in [0.05, 0.1) is 6.07 Å². The van der Waals surface area contributed by atoms with E-state index in [0.717, 1.165) is 37.3 Å². The molecule has 1 aliphatic rings. The summed E-state index contributed by atoms with van der Waals surface area (Å²) in [7, 11) is 2.13. The van der Waals surface area contributed by atoms with E-state index < -0.39 is 5.54 Å². The molecule has 0 spiro atoms. The van der Waals surface area contributed by atoms with Crippen molar-refractivity contribution in [3.63, 3.8) is 0 Å². The lowest BCUT2D eigenvalue weighted by Crippen LogP contribution is -2.53. The Labute approximate surface area is 144 Å². The van der Waals surface area contributed by atoms with Gasteiger partial charge >= 0.3 is 0 Å². The van der Waals surface area contributed by atoms with Gasteiger partial charge in [0.1, 0.15) is 0 Å². The van der Waals surface area contributed by atoms with Crippen LogP contribution < -0.4 is 0 Å². The van der Waals surface area contributed by atoms with E-state index in [-0.39, 0.29) is 0 Å². The lowest BCUT2D eigenvalue weighted by atomic mass is 9.87. The number of benzene rings is 2. The zero-order chi connectivity index (χ0) is 16.8. The van der Waals surface area contributed by atoms with Gasteiger partial charge in [-0.15, -0.1) is 0 Å². The van der Waals surface area contributed by atoms with E-state index in [2.05, 4.69) is 59.3 Å². The SMILES string of the molecule is CN1CCN(C(C#N)(/C=C/c2ccccc2)c2ccccc2)CC1. The molecule has 24 heavy (non-hydrogen) atoms. The molecule has 1 aliphatic heterocycles. The molecular weight excluding hydrogens is 294 g/mol. The summed E-state index contributed by atoms with van der Waals surface area (Å²) in [6, 6.07) is 22.9. The van der Waals surface area contributed by atoms with Crippen LogP contribution in [0.25, 0.3) is 6.08 Å². The molecular formula is C21H23N3. The third-order valence-corrected chi connectivity index (χ3v) is 4.70. The van der Waals surface area contributed by atoms with Crippen molar-refractivity contribution in [2.45, 2.75) is 5.54 Å². The Balaban J connectivity index is 2.00. The van der Waals surface area contributed by atoms with Crippen LogP contribution in [-0.4, -0.2) is 43.0 Å². The minimum atomic E-state index is -0.724. The monoisotopic (exact) mass is 317 g/mol. The predicted molar refractivity (Wildman–Crippen MR) is 98.3 cm³/mol. The number of rotatable bonds is 4. The fourth-order valence-electron chi connectivity index (χ4n) is 3.19. The predicted octanol–water partition coefficient (Wildman–Crippen LogP) is 3.37. The quantitative estimate of drug-likeness (QED) is 0.866. The highest BCUT2D eigenvalue weighted by molar-refractivity contribution is 5.54. The van der Waals surface area contributed by atoms with Crippen LogP contribution in [0, 0.1) is 11.3 Å². The molecule has 3 rings (SSSR count). The largest absolute Gasteiger partial charge is 0.304 e. The standard InChI is InChI=1S/C21H23N3/c1-23-14-16-24(17-15-23)21(18-22,20-10-6-3-7-11-20)13-12-19-8-4-2-5-9-19/h2-13H,14-17H2,1H3/b13-12+. The Bertz CT molecular complexity index is 710. The molecule has 1 unspecified atom stereocenters. The van der Waals surface area contributed by atoms with Gasteiger partial charge in [-0.1, -0.05) is 66.7 Å². The van der Waals surface area contributed by atoms with Crippen molar-refractivity contribution in [3.05, 3.63) is 77.9 Å². The van der Waals surface area contributed by atoms with Gasteiger partial charge in [-0.05, 0) is 24.3 Å². The maximum Gasteiger partial charge on any atom is 0.153 e. The number of nitriles is 1. The van der Waals surface area contributed by atoms with Crippen LogP contribution in [0.15, 0.2) is 66.7 Å². The lowest BCUT2D eigenvalue weighted by Gasteiger charge is -2.42. The van der Waals surface area contributed by atoms with E-state index in [1.807, 2.05) is 36.4 Å². The van der Waals surface area contributed by atoms with Crippen molar-refractivity contribution < 1.29 is 0 Å². The second-order valence-electron chi connectivity index (χ2n) is 6.28. The minimum absolute atomic E-state index is 0.724. The molecule has 3 heteroatoms. The van der Waals surface area contributed by atoms with Crippen LogP contribution in [0.3, 0.4) is 0 Å². The topological polar surface area (TPSA) is 30.3 Å². The van der Waals surface area contributed by atoms with Gasteiger partial charge in [0, 0.05) is 26.2 Å². The van der Waals surface area contributed by atoms with Gasteiger partial charge in [0.15, 0.2) is 5.54 Å². The van der Waals surface area contributed by atoms with Crippen LogP contribution in [0.2, 0.25) is 0 Å². The molecule has 2 aromatic rings. The van der Waals surface area contributed by atoms with Crippen LogP contribution in [0.4, 0.5) is 0 Å². The van der Waals surface area contributed by atoms with Crippen molar-refractivity contribution in [1.29, 1.82) is 5.26 Å². The van der Waals surface area contributed by atoms with E-state index in [1.54, 1.807) is 0 Å². The number of hydrogen-bond donors (Lipinski definition) is 0. The van der Waals surface area contributed by atoms with Gasteiger partial charge in [0.25, 0.3) is 0 Å². The van der Waals surface area contributed by atoms with Crippen molar-refractivity contribution >= 4 is 6.08 Å². The molecule has 2 aromatic carbocycles. The van der Waals surface area contributed by atoms with E-state index in [0.29, 0.717) is 0 Å². The number of nitrogens with zero attached hydrogens (tertiary/aromatic N) is 3. The third-order valence-electron chi connectivity index (χ3n) is 4.70. The molecule has 0 saturated carbocycles. The normalized spacial score (nSPS) is 19.0. The van der Waals surface area contributed by atoms with E-state index in [9.17, 15) is 5.26 Å². The fraction of sp³-hybridized carbons (Fsp3) is 0.286. The van der Waals surface area contributed by atoms with Gasteiger partial charge in [-0.3, -0.25) is 4.90 Å². The van der Waals surface area contributed by atoms with Crippen molar-refractivity contribution in [2.75, 3.05) is 33.2 Å². The summed E-state index contributed by atoms with van der Waals surface area (Å²) < 4.78 is 0. The Morgan fingerprint density at radius 1 is 0.917 bits per heavy atom. The highest BCUT2D eigenvalue weighted by atomic mass is 15.3. The first kappa shape index (κ1) is 16.4. The number of piperazine rings is 1. The number of hydrogen-bond acceptors (Lipinski definition) is 3. The Kier molecular flexibility index (Phi) is 5.10. The maximum atomic E-state index is 10.2. The van der Waals surface area contributed by atoms with Crippen LogP contribution in [-0.2, 0) is 5.54 Å². The van der Waals surface area contributed by atoms with Gasteiger partial charge < -0.3 is 4.90 Å². The van der Waals surface area contributed by atoms with Crippen molar-refractivity contribution in [3.8, 4) is 6.07 Å². The van der Waals surface area contributed by atoms with Crippen molar-refractivity contribution in [1.82, 2.24) is 9.80 Å². The Morgan fingerprint density at radius 2 is 1.50 bits per heavy atom. The van der Waals surface area contributed by atoms with Crippen LogP contribution >= 0.6 is 0 Å². The summed E-state index contributed by atoms with van der Waals surface area (Å²) in [4.78, 5) is 4.60. The molecule has 122 valence electrons. The molecule has 0 N–H and O–H groups in total. The first-order chi connectivity index (χ1) is 11.7. The third kappa shape index (κ3) is 3.41. The van der Waals surface area contributed by atoms with Gasteiger partial charge in [-0.25, -0.2) is 0 Å². The molecule has 0 aliphatic carbocycles. The van der Waals surface area contributed by atoms with Gasteiger partial charge in [-0.2, -0.15) is 5.26 Å². The van der Waals surface area contributed by atoms with Crippen molar-refractivity contribution in [2.24, 2.45) is 0 Å². The second kappa shape index (κ2) is 7.44. The summed E-state index contributed by atoms with van der Waals surface area (Å²) in [6.45, 7) is 3.74. The molecule has 0 bridgehead atoms. The first-order valence-corrected chi connectivity index (χ1v) is 8.39. The summed E-state index contributed by atoms with van der Waals surface area (Å²) in [5, 5.41) is 10.2. The van der Waals surface area contributed by atoms with Crippen LogP contribution in [0.5, 0.6) is 0 Å². The molecule has 0 radical (unpaired) electrons. The molecule has 1 atom stereocenters. The fourth-order valence-corrected chi connectivity index (χ4v) is 3.19. The minimum Gasteiger partial charge on any atom is -0.304 e. The van der Waals surface area contributed by atoms with E-state index in [4.69, 9.17) is 0 Å². The molecule has 1 heterocycles. The lowest BCUT2D eigenvalue weighted by molar-refractivity contribution is 0.0982. The Morgan fingerprint density at radius 3 is 2.08 bits per heavy atom. The van der Waals surface area contributed by atoms with Gasteiger partial charge in [0.2, 0.25) is 0 Å². The second-order valence-corrected chi connectivity index (χ2v) is 6.28. The highest BCUT2D eigenvalue weighted by Crippen LogP contribution is 2.31. The molecule has 1 fully saturated rings. The highest BCUT2D eigenvalue weighted by Gasteiger charge is 2.37. The van der Waals surface area contributed by atoms with E-state index in [1.165, 1.54) is 0 Å². The summed E-state index contributed by atoms with van der Waals surface area (Å²) in [5.41, 5.74) is 1.42. The molecule has 1 saturated heterocycles. The summed E-state index contributed by atoms with van der Waals surface area (Å²) in [6.07, 6.45) is 4.12. The zero-order valence-electron chi connectivity index (χ0n) is 14.1. The molecule has 0 amide bonds. The first-order valence-electron chi connectivity index (χ1n) is 8.39. The van der Waals surface area contributed by atoms with E-state index >= 15 is 0 Å². The molecule has 3 nitrogen and oxygen atoms in total. The smallest absolute Gasteiger partial charge is 0.153 e. The number of likely N-dealkylation sites (N-methyl/N-ethyl adjacent to an activating group) is 1. The zero-order valence-corrected chi connectivity index (χ0v) is 14.1.